The number of methoxy groups -OCH3 is 2. The highest BCUT2D eigenvalue weighted by Gasteiger charge is 2.26. The van der Waals surface area contributed by atoms with Crippen LogP contribution in [0.3, 0.4) is 0 Å². The third-order valence-electron chi connectivity index (χ3n) is 4.18. The van der Waals surface area contributed by atoms with E-state index in [-0.39, 0.29) is 17.9 Å². The standard InChI is InChI=1S/C17H25N3O4/c1-11(18)16(21)19-12-6-8-20(9-7-12)17(22)14-5-4-13(23-2)10-15(14)24-3/h4-5,10-12H,6-9,18H2,1-3H3,(H,19,21)/t11-/m1/s1. The molecule has 0 aromatic heterocycles. The number of nitrogens with two attached hydrogens (primary N) is 1. The Morgan fingerprint density at radius 1 is 1.25 bits per heavy atom. The zero-order valence-corrected chi connectivity index (χ0v) is 14.4. The summed E-state index contributed by atoms with van der Waals surface area (Å²) in [6.45, 7) is 2.82. The van der Waals surface area contributed by atoms with Gasteiger partial charge < -0.3 is 25.4 Å². The summed E-state index contributed by atoms with van der Waals surface area (Å²) in [6, 6.07) is 4.69. The lowest BCUT2D eigenvalue weighted by Gasteiger charge is -2.33. The highest BCUT2D eigenvalue weighted by atomic mass is 16.5. The van der Waals surface area contributed by atoms with Gasteiger partial charge in [-0.25, -0.2) is 0 Å². The summed E-state index contributed by atoms with van der Waals surface area (Å²) in [5.41, 5.74) is 6.07. The van der Waals surface area contributed by atoms with Gasteiger partial charge in [0.1, 0.15) is 11.5 Å². The second kappa shape index (κ2) is 8.01. The average Bonchev–Trinajstić information content (AvgIpc) is 2.61. The van der Waals surface area contributed by atoms with Crippen LogP contribution >= 0.6 is 0 Å². The summed E-state index contributed by atoms with van der Waals surface area (Å²) in [6.07, 6.45) is 1.42. The molecule has 132 valence electrons. The molecule has 0 radical (unpaired) electrons. The number of likely N-dealkylation sites (tertiary alicyclic amines) is 1. The molecule has 1 saturated heterocycles. The van der Waals surface area contributed by atoms with E-state index >= 15 is 0 Å². The number of hydrogen-bond acceptors (Lipinski definition) is 5. The lowest BCUT2D eigenvalue weighted by Crippen LogP contribution is -2.49. The maximum absolute atomic E-state index is 12.7. The Kier molecular flexibility index (Phi) is 6.03. The van der Waals surface area contributed by atoms with Crippen LogP contribution in [-0.2, 0) is 4.79 Å². The Morgan fingerprint density at radius 3 is 2.46 bits per heavy atom. The third kappa shape index (κ3) is 4.17. The van der Waals surface area contributed by atoms with Gasteiger partial charge in [-0.15, -0.1) is 0 Å². The molecule has 1 atom stereocenters. The van der Waals surface area contributed by atoms with Crippen molar-refractivity contribution in [1.29, 1.82) is 0 Å². The van der Waals surface area contributed by atoms with Crippen molar-refractivity contribution in [2.75, 3.05) is 27.3 Å². The van der Waals surface area contributed by atoms with Crippen LogP contribution < -0.4 is 20.5 Å². The van der Waals surface area contributed by atoms with Crippen LogP contribution in [0.25, 0.3) is 0 Å². The number of benzene rings is 1. The van der Waals surface area contributed by atoms with Gasteiger partial charge in [0.05, 0.1) is 25.8 Å². The van der Waals surface area contributed by atoms with E-state index in [1.807, 2.05) is 0 Å². The summed E-state index contributed by atoms with van der Waals surface area (Å²) in [4.78, 5) is 26.1. The highest BCUT2D eigenvalue weighted by Crippen LogP contribution is 2.26. The quantitative estimate of drug-likeness (QED) is 0.829. The summed E-state index contributed by atoms with van der Waals surface area (Å²) in [5.74, 6) is 0.899. The molecule has 3 N–H and O–H groups in total. The molecule has 2 rings (SSSR count). The van der Waals surface area contributed by atoms with E-state index in [1.54, 1.807) is 37.1 Å². The molecule has 7 heteroatoms. The predicted octanol–water partition coefficient (Wildman–Crippen LogP) is 0.772. The molecule has 1 fully saturated rings. The summed E-state index contributed by atoms with van der Waals surface area (Å²) in [7, 11) is 3.10. The van der Waals surface area contributed by atoms with Crippen molar-refractivity contribution in [1.82, 2.24) is 10.2 Å². The van der Waals surface area contributed by atoms with E-state index in [2.05, 4.69) is 5.32 Å². The number of piperidine rings is 1. The molecule has 1 heterocycles. The molecule has 7 nitrogen and oxygen atoms in total. The number of nitrogens with one attached hydrogen (secondary N) is 1. The fourth-order valence-electron chi connectivity index (χ4n) is 2.71. The number of ether oxygens (including phenoxy) is 2. The first kappa shape index (κ1) is 18.1. The molecule has 0 saturated carbocycles. The zero-order chi connectivity index (χ0) is 17.7. The molecular weight excluding hydrogens is 310 g/mol. The second-order valence-corrected chi connectivity index (χ2v) is 5.93. The number of nitrogens with zero attached hydrogens (tertiary/aromatic N) is 1. The van der Waals surface area contributed by atoms with Crippen LogP contribution in [0.4, 0.5) is 0 Å². The largest absolute Gasteiger partial charge is 0.497 e. The van der Waals surface area contributed by atoms with Gasteiger partial charge >= 0.3 is 0 Å². The van der Waals surface area contributed by atoms with Crippen molar-refractivity contribution < 1.29 is 19.1 Å². The molecule has 1 aromatic carbocycles. The lowest BCUT2D eigenvalue weighted by molar-refractivity contribution is -0.122. The Balaban J connectivity index is 1.99. The molecule has 2 amide bonds. The van der Waals surface area contributed by atoms with E-state index < -0.39 is 6.04 Å². The molecule has 1 aliphatic rings. The lowest BCUT2D eigenvalue weighted by atomic mass is 10.0. The highest BCUT2D eigenvalue weighted by molar-refractivity contribution is 5.97. The van der Waals surface area contributed by atoms with Crippen molar-refractivity contribution in [2.45, 2.75) is 31.8 Å². The van der Waals surface area contributed by atoms with Crippen LogP contribution in [-0.4, -0.2) is 56.1 Å². The van der Waals surface area contributed by atoms with Crippen molar-refractivity contribution in [3.63, 3.8) is 0 Å². The number of carbonyl (C=O) groups is 2. The molecular formula is C17H25N3O4. The van der Waals surface area contributed by atoms with Crippen LogP contribution in [0.1, 0.15) is 30.1 Å². The summed E-state index contributed by atoms with van der Waals surface area (Å²) < 4.78 is 10.5. The maximum Gasteiger partial charge on any atom is 0.257 e. The maximum atomic E-state index is 12.7. The minimum absolute atomic E-state index is 0.0605. The number of hydrogen-bond donors (Lipinski definition) is 2. The predicted molar refractivity (Wildman–Crippen MR) is 90.3 cm³/mol. The third-order valence-corrected chi connectivity index (χ3v) is 4.18. The second-order valence-electron chi connectivity index (χ2n) is 5.93. The van der Waals surface area contributed by atoms with Crippen molar-refractivity contribution >= 4 is 11.8 Å². The van der Waals surface area contributed by atoms with E-state index in [0.717, 1.165) is 0 Å². The molecule has 24 heavy (non-hydrogen) atoms. The molecule has 0 spiro atoms. The number of rotatable bonds is 5. The number of carbonyl (C=O) groups excluding carboxylic acids is 2. The monoisotopic (exact) mass is 335 g/mol. The van der Waals surface area contributed by atoms with Gasteiger partial charge in [0.2, 0.25) is 5.91 Å². The summed E-state index contributed by atoms with van der Waals surface area (Å²) in [5, 5.41) is 2.91. The minimum Gasteiger partial charge on any atom is -0.497 e. The van der Waals surface area contributed by atoms with E-state index in [9.17, 15) is 9.59 Å². The number of amides is 2. The normalized spacial score (nSPS) is 16.4. The zero-order valence-electron chi connectivity index (χ0n) is 14.4. The van der Waals surface area contributed by atoms with Crippen LogP contribution in [0.5, 0.6) is 11.5 Å². The van der Waals surface area contributed by atoms with Crippen LogP contribution in [0, 0.1) is 0 Å². The van der Waals surface area contributed by atoms with Crippen molar-refractivity contribution in [3.05, 3.63) is 23.8 Å². The topological polar surface area (TPSA) is 93.9 Å². The first-order valence-corrected chi connectivity index (χ1v) is 8.03. The fraction of sp³-hybridized carbons (Fsp3) is 0.529. The van der Waals surface area contributed by atoms with Gasteiger partial charge in [0, 0.05) is 25.2 Å². The molecule has 0 aliphatic carbocycles. The minimum atomic E-state index is -0.520. The SMILES string of the molecule is COc1ccc(C(=O)N2CCC(NC(=O)[C@@H](C)N)CC2)c(OC)c1. The first-order chi connectivity index (χ1) is 11.5. The van der Waals surface area contributed by atoms with Crippen LogP contribution in [0.2, 0.25) is 0 Å². The van der Waals surface area contributed by atoms with Crippen LogP contribution in [0.15, 0.2) is 18.2 Å². The summed E-state index contributed by atoms with van der Waals surface area (Å²) >= 11 is 0. The Morgan fingerprint density at radius 2 is 1.92 bits per heavy atom. The van der Waals surface area contributed by atoms with Crippen molar-refractivity contribution in [2.24, 2.45) is 5.73 Å². The van der Waals surface area contributed by atoms with Gasteiger partial charge in [-0.2, -0.15) is 0 Å². The van der Waals surface area contributed by atoms with Crippen molar-refractivity contribution in [3.8, 4) is 11.5 Å². The van der Waals surface area contributed by atoms with Gasteiger partial charge in [0.25, 0.3) is 5.91 Å². The average molecular weight is 335 g/mol. The fourth-order valence-corrected chi connectivity index (χ4v) is 2.71. The van der Waals surface area contributed by atoms with Gasteiger partial charge in [-0.3, -0.25) is 9.59 Å². The molecule has 0 bridgehead atoms. The van der Waals surface area contributed by atoms with Gasteiger partial charge in [-0.1, -0.05) is 0 Å². The van der Waals surface area contributed by atoms with Gasteiger partial charge in [-0.05, 0) is 31.9 Å². The first-order valence-electron chi connectivity index (χ1n) is 8.03. The molecule has 1 aliphatic heterocycles. The van der Waals surface area contributed by atoms with Gasteiger partial charge in [0.15, 0.2) is 0 Å². The van der Waals surface area contributed by atoms with E-state index in [4.69, 9.17) is 15.2 Å². The molecule has 1 aromatic rings. The Bertz CT molecular complexity index is 595. The molecule has 0 unspecified atom stereocenters. The Hall–Kier alpha value is -2.28. The van der Waals surface area contributed by atoms with E-state index in [0.29, 0.717) is 43.0 Å². The smallest absolute Gasteiger partial charge is 0.257 e. The van der Waals surface area contributed by atoms with E-state index in [1.165, 1.54) is 7.11 Å². The Labute approximate surface area is 142 Å².